The average molecular weight is 322 g/mol. The molecule has 118 valence electrons. The Kier molecular flexibility index (Phi) is 4.22. The van der Waals surface area contributed by atoms with Gasteiger partial charge in [0, 0.05) is 23.0 Å². The number of anilines is 1. The monoisotopic (exact) mass is 321 g/mol. The van der Waals surface area contributed by atoms with E-state index >= 15 is 0 Å². The van der Waals surface area contributed by atoms with Crippen LogP contribution in [0.15, 0.2) is 72.4 Å². The first-order chi connectivity index (χ1) is 11.0. The number of nitrogens with zero attached hydrogens (tertiary/aromatic N) is 2. The summed E-state index contributed by atoms with van der Waals surface area (Å²) in [5.41, 5.74) is 5.22. The van der Waals surface area contributed by atoms with Gasteiger partial charge in [0.1, 0.15) is 0 Å². The van der Waals surface area contributed by atoms with E-state index in [0.29, 0.717) is 0 Å². The largest absolute Gasteiger partial charge is 0.350 e. The molecule has 0 bridgehead atoms. The highest BCUT2D eigenvalue weighted by Crippen LogP contribution is 2.24. The summed E-state index contributed by atoms with van der Waals surface area (Å²) in [7, 11) is -1.50. The van der Waals surface area contributed by atoms with Crippen LogP contribution in [0, 0.1) is 0 Å². The predicted octanol–water partition coefficient (Wildman–Crippen LogP) is 4.70. The van der Waals surface area contributed by atoms with Crippen molar-refractivity contribution in [2.24, 2.45) is 0 Å². The maximum Gasteiger partial charge on any atom is 0.350 e. The molecule has 0 aromatic heterocycles. The van der Waals surface area contributed by atoms with E-state index in [1.54, 1.807) is 0 Å². The molecule has 0 N–H and O–H groups in total. The zero-order valence-electron chi connectivity index (χ0n) is 14.5. The van der Waals surface area contributed by atoms with Crippen LogP contribution in [0.1, 0.15) is 12.5 Å². The average Bonchev–Trinajstić information content (AvgIpc) is 2.55. The minimum atomic E-state index is -1.50. The summed E-state index contributed by atoms with van der Waals surface area (Å²) in [4.78, 5) is 2.41. The molecule has 0 spiro atoms. The molecule has 2 aromatic carbocycles. The SMILES string of the molecule is CC1=CC(c2ccccc2)=[N+]([Si](C)(C)C)CN1c1ccccc1. The second-order valence-corrected chi connectivity index (χ2v) is 11.9. The van der Waals surface area contributed by atoms with Gasteiger partial charge in [0.05, 0.1) is 0 Å². The molecule has 3 heteroatoms. The van der Waals surface area contributed by atoms with Crippen molar-refractivity contribution >= 4 is 19.6 Å². The lowest BCUT2D eigenvalue weighted by Gasteiger charge is -2.32. The summed E-state index contributed by atoms with van der Waals surface area (Å²) >= 11 is 0. The molecular weight excluding hydrogens is 296 g/mol. The first-order valence-corrected chi connectivity index (χ1v) is 11.6. The lowest BCUT2D eigenvalue weighted by molar-refractivity contribution is -0.397. The molecule has 0 unspecified atom stereocenters. The molecule has 0 saturated carbocycles. The summed E-state index contributed by atoms with van der Waals surface area (Å²) in [6, 6.07) is 21.4. The summed E-state index contributed by atoms with van der Waals surface area (Å²) in [6.45, 7) is 10.4. The fourth-order valence-corrected chi connectivity index (χ4v) is 4.48. The van der Waals surface area contributed by atoms with E-state index in [-0.39, 0.29) is 0 Å². The molecule has 1 aliphatic heterocycles. The highest BCUT2D eigenvalue weighted by molar-refractivity contribution is 6.69. The third-order valence-electron chi connectivity index (χ3n) is 4.29. The zero-order valence-corrected chi connectivity index (χ0v) is 15.5. The van der Waals surface area contributed by atoms with Gasteiger partial charge in [0.2, 0.25) is 6.67 Å². The van der Waals surface area contributed by atoms with Gasteiger partial charge in [-0.05, 0) is 50.8 Å². The van der Waals surface area contributed by atoms with E-state index in [4.69, 9.17) is 0 Å². The van der Waals surface area contributed by atoms with Crippen LogP contribution in [0.3, 0.4) is 0 Å². The lowest BCUT2D eigenvalue weighted by Crippen LogP contribution is -2.50. The van der Waals surface area contributed by atoms with Crippen LogP contribution >= 0.6 is 0 Å². The minimum Gasteiger partial charge on any atom is -0.292 e. The van der Waals surface area contributed by atoms with Crippen molar-refractivity contribution in [3.63, 3.8) is 0 Å². The third kappa shape index (κ3) is 3.30. The first kappa shape index (κ1) is 15.8. The minimum absolute atomic E-state index is 0.923. The second kappa shape index (κ2) is 6.17. The van der Waals surface area contributed by atoms with E-state index in [2.05, 4.69) is 102 Å². The number of hydrogen-bond donors (Lipinski definition) is 0. The topological polar surface area (TPSA) is 6.25 Å². The molecule has 2 aromatic rings. The Morgan fingerprint density at radius 3 is 2.00 bits per heavy atom. The molecule has 3 rings (SSSR count). The van der Waals surface area contributed by atoms with Gasteiger partial charge in [-0.2, -0.15) is 0 Å². The standard InChI is InChI=1S/C20H25N2Si/c1-17-15-20(18-11-7-5-8-12-18)22(23(2,3)4)16-21(17)19-13-9-6-10-14-19/h5-15H,16H2,1-4H3/q+1. The Balaban J connectivity index is 2.09. The maximum absolute atomic E-state index is 2.61. The molecule has 2 nitrogen and oxygen atoms in total. The van der Waals surface area contributed by atoms with Crippen LogP contribution in [0.4, 0.5) is 5.69 Å². The van der Waals surface area contributed by atoms with Crippen LogP contribution in [-0.2, 0) is 0 Å². The Morgan fingerprint density at radius 1 is 0.870 bits per heavy atom. The van der Waals surface area contributed by atoms with E-state index in [0.717, 1.165) is 6.67 Å². The van der Waals surface area contributed by atoms with Crippen molar-refractivity contribution in [2.75, 3.05) is 11.6 Å². The molecule has 1 heterocycles. The number of benzene rings is 2. The van der Waals surface area contributed by atoms with E-state index in [1.807, 2.05) is 0 Å². The molecule has 1 aliphatic rings. The number of rotatable bonds is 3. The molecule has 23 heavy (non-hydrogen) atoms. The lowest BCUT2D eigenvalue weighted by atomic mass is 10.1. The van der Waals surface area contributed by atoms with Crippen molar-refractivity contribution in [1.82, 2.24) is 0 Å². The second-order valence-electron chi connectivity index (χ2n) is 7.04. The summed E-state index contributed by atoms with van der Waals surface area (Å²) < 4.78 is 2.61. The van der Waals surface area contributed by atoms with E-state index < -0.39 is 8.24 Å². The summed E-state index contributed by atoms with van der Waals surface area (Å²) in [5.74, 6) is 0. The molecule has 0 radical (unpaired) electrons. The fraction of sp³-hybridized carbons (Fsp3) is 0.250. The first-order valence-electron chi connectivity index (χ1n) is 8.18. The van der Waals surface area contributed by atoms with Gasteiger partial charge >= 0.3 is 8.24 Å². The summed E-state index contributed by atoms with van der Waals surface area (Å²) in [6.07, 6.45) is 2.34. The normalized spacial score (nSPS) is 15.7. The fourth-order valence-electron chi connectivity index (χ4n) is 3.00. The van der Waals surface area contributed by atoms with Crippen molar-refractivity contribution in [3.8, 4) is 0 Å². The highest BCUT2D eigenvalue weighted by atomic mass is 28.3. The Labute approximate surface area is 140 Å². The Morgan fingerprint density at radius 2 is 1.43 bits per heavy atom. The highest BCUT2D eigenvalue weighted by Gasteiger charge is 2.37. The van der Waals surface area contributed by atoms with Crippen molar-refractivity contribution in [2.45, 2.75) is 26.6 Å². The predicted molar refractivity (Wildman–Crippen MR) is 102 cm³/mol. The molecule has 0 fully saturated rings. The zero-order chi connectivity index (χ0) is 16.4. The van der Waals surface area contributed by atoms with Crippen LogP contribution in [-0.4, -0.2) is 24.9 Å². The smallest absolute Gasteiger partial charge is 0.292 e. The molecule has 0 aliphatic carbocycles. The number of hydrogen-bond acceptors (Lipinski definition) is 1. The van der Waals surface area contributed by atoms with Crippen molar-refractivity contribution in [3.05, 3.63) is 78.0 Å². The summed E-state index contributed by atoms with van der Waals surface area (Å²) in [5, 5.41) is 0. The third-order valence-corrected chi connectivity index (χ3v) is 6.29. The van der Waals surface area contributed by atoms with Gasteiger partial charge < -0.3 is 0 Å². The molecule has 0 saturated heterocycles. The van der Waals surface area contributed by atoms with Crippen molar-refractivity contribution < 1.29 is 4.24 Å². The molecule has 0 amide bonds. The van der Waals surface area contributed by atoms with Crippen molar-refractivity contribution in [1.29, 1.82) is 0 Å². The number of allylic oxidation sites excluding steroid dienone is 2. The van der Waals surface area contributed by atoms with Crippen LogP contribution in [0.25, 0.3) is 0 Å². The number of para-hydroxylation sites is 1. The van der Waals surface area contributed by atoms with Gasteiger partial charge in [-0.3, -0.25) is 9.14 Å². The van der Waals surface area contributed by atoms with Crippen LogP contribution < -0.4 is 4.90 Å². The van der Waals surface area contributed by atoms with Gasteiger partial charge in [-0.25, -0.2) is 0 Å². The van der Waals surface area contributed by atoms with Crippen LogP contribution in [0.5, 0.6) is 0 Å². The van der Waals surface area contributed by atoms with Gasteiger partial charge in [-0.15, -0.1) is 0 Å². The Bertz CT molecular complexity index is 740. The van der Waals surface area contributed by atoms with E-state index in [1.165, 1.54) is 22.7 Å². The van der Waals surface area contributed by atoms with Crippen LogP contribution in [0.2, 0.25) is 19.6 Å². The van der Waals surface area contributed by atoms with Gasteiger partial charge in [0.15, 0.2) is 5.71 Å². The van der Waals surface area contributed by atoms with E-state index in [9.17, 15) is 0 Å². The molecular formula is C20H25N2Si+. The maximum atomic E-state index is 2.61. The quantitative estimate of drug-likeness (QED) is 0.742. The van der Waals surface area contributed by atoms with Gasteiger partial charge in [-0.1, -0.05) is 36.4 Å². The van der Waals surface area contributed by atoms with Gasteiger partial charge in [0.25, 0.3) is 0 Å². The Hall–Kier alpha value is -2.13. The molecule has 0 atom stereocenters.